The van der Waals surface area contributed by atoms with Gasteiger partial charge in [0.2, 0.25) is 5.91 Å². The maximum atomic E-state index is 12.9. The van der Waals surface area contributed by atoms with E-state index in [1.807, 2.05) is 5.38 Å². The van der Waals surface area contributed by atoms with Crippen LogP contribution in [0, 0.1) is 11.8 Å². The summed E-state index contributed by atoms with van der Waals surface area (Å²) in [4.78, 5) is 30.8. The summed E-state index contributed by atoms with van der Waals surface area (Å²) in [5, 5.41) is 3.94. The summed E-state index contributed by atoms with van der Waals surface area (Å²) in [6.45, 7) is 0.436. The van der Waals surface area contributed by atoms with Crippen LogP contribution in [0.25, 0.3) is 0 Å². The van der Waals surface area contributed by atoms with Gasteiger partial charge >= 0.3 is 6.18 Å². The molecule has 0 radical (unpaired) electrons. The number of benzene rings is 1. The van der Waals surface area contributed by atoms with Gasteiger partial charge in [0.25, 0.3) is 5.56 Å². The maximum absolute atomic E-state index is 12.9. The summed E-state index contributed by atoms with van der Waals surface area (Å²) in [6.07, 6.45) is -2.17. The zero-order chi connectivity index (χ0) is 25.9. The van der Waals surface area contributed by atoms with Crippen molar-refractivity contribution in [1.82, 2.24) is 14.5 Å². The lowest BCUT2D eigenvalue weighted by molar-refractivity contribution is -0.139. The molecule has 4 rings (SSSR count). The molecule has 1 amide bonds. The van der Waals surface area contributed by atoms with Crippen LogP contribution in [0.2, 0.25) is 10.0 Å². The van der Waals surface area contributed by atoms with Gasteiger partial charge in [0.15, 0.2) is 0 Å². The summed E-state index contributed by atoms with van der Waals surface area (Å²) in [5.74, 6) is 5.86. The third-order valence-corrected chi connectivity index (χ3v) is 7.59. The van der Waals surface area contributed by atoms with E-state index in [1.54, 1.807) is 23.1 Å². The van der Waals surface area contributed by atoms with Crippen molar-refractivity contribution in [2.45, 2.75) is 37.9 Å². The van der Waals surface area contributed by atoms with Crippen LogP contribution in [-0.2, 0) is 23.9 Å². The second kappa shape index (κ2) is 11.1. The summed E-state index contributed by atoms with van der Waals surface area (Å²) in [5.41, 5.74) is -0.195. The van der Waals surface area contributed by atoms with Crippen molar-refractivity contribution < 1.29 is 18.0 Å². The molecule has 0 spiro atoms. The predicted octanol–water partition coefficient (Wildman–Crippen LogP) is 5.63. The minimum Gasteiger partial charge on any atom is -0.341 e. The van der Waals surface area contributed by atoms with Crippen LogP contribution in [0.15, 0.2) is 46.7 Å². The lowest BCUT2D eigenvalue weighted by Gasteiger charge is -2.31. The Labute approximate surface area is 219 Å². The molecule has 188 valence electrons. The average Bonchev–Trinajstić information content (AvgIpc) is 3.30. The van der Waals surface area contributed by atoms with E-state index in [-0.39, 0.29) is 11.8 Å². The zero-order valence-electron chi connectivity index (χ0n) is 18.8. The number of hydrogen-bond acceptors (Lipinski definition) is 4. The van der Waals surface area contributed by atoms with E-state index < -0.39 is 23.8 Å². The normalized spacial score (nSPS) is 14.4. The third kappa shape index (κ3) is 6.30. The van der Waals surface area contributed by atoms with Gasteiger partial charge in [-0.1, -0.05) is 35.2 Å². The van der Waals surface area contributed by atoms with Crippen molar-refractivity contribution in [2.75, 3.05) is 13.1 Å². The molecule has 0 N–H and O–H groups in total. The molecule has 5 nitrogen and oxygen atoms in total. The third-order valence-electron chi connectivity index (χ3n) is 5.88. The summed E-state index contributed by atoms with van der Waals surface area (Å²) >= 11 is 13.9. The molecule has 0 unspecified atom stereocenters. The van der Waals surface area contributed by atoms with Crippen molar-refractivity contribution in [1.29, 1.82) is 0 Å². The number of likely N-dealkylation sites (tertiary alicyclic amines) is 1. The first-order valence-corrected chi connectivity index (χ1v) is 12.7. The number of nitrogens with zero attached hydrogens (tertiary/aromatic N) is 3. The number of amides is 1. The lowest BCUT2D eigenvalue weighted by Crippen LogP contribution is -2.41. The monoisotopic (exact) mass is 553 g/mol. The maximum Gasteiger partial charge on any atom is 0.417 e. The Bertz CT molecular complexity index is 1360. The van der Waals surface area contributed by atoms with E-state index in [1.165, 1.54) is 11.3 Å². The number of thiazole rings is 1. The molecule has 1 aromatic carbocycles. The molecule has 1 aliphatic heterocycles. The molecule has 0 saturated carbocycles. The van der Waals surface area contributed by atoms with Crippen LogP contribution >= 0.6 is 34.5 Å². The van der Waals surface area contributed by atoms with E-state index in [0.29, 0.717) is 60.4 Å². The summed E-state index contributed by atoms with van der Waals surface area (Å²) in [6, 6.07) is 6.85. The van der Waals surface area contributed by atoms with Crippen LogP contribution in [0.1, 0.15) is 40.6 Å². The van der Waals surface area contributed by atoms with E-state index in [0.717, 1.165) is 21.2 Å². The Kier molecular flexibility index (Phi) is 8.08. The van der Waals surface area contributed by atoms with Crippen molar-refractivity contribution >= 4 is 40.4 Å². The molecule has 2 aromatic heterocycles. The van der Waals surface area contributed by atoms with Gasteiger partial charge in [-0.25, -0.2) is 4.98 Å². The van der Waals surface area contributed by atoms with Crippen LogP contribution in [0.3, 0.4) is 0 Å². The van der Waals surface area contributed by atoms with Gasteiger partial charge in [0, 0.05) is 58.7 Å². The Morgan fingerprint density at radius 3 is 2.50 bits per heavy atom. The smallest absolute Gasteiger partial charge is 0.341 e. The van der Waals surface area contributed by atoms with E-state index in [2.05, 4.69) is 16.8 Å². The van der Waals surface area contributed by atoms with Crippen LogP contribution < -0.4 is 5.56 Å². The first kappa shape index (κ1) is 26.3. The molecule has 3 heterocycles. The van der Waals surface area contributed by atoms with Gasteiger partial charge < -0.3 is 9.47 Å². The minimum absolute atomic E-state index is 0.156. The van der Waals surface area contributed by atoms with Gasteiger partial charge in [0.05, 0.1) is 10.6 Å². The number of rotatable bonds is 4. The second-order valence-electron chi connectivity index (χ2n) is 8.29. The highest BCUT2D eigenvalue weighted by atomic mass is 35.5. The molecule has 11 heteroatoms. The van der Waals surface area contributed by atoms with Gasteiger partial charge in [-0.3, -0.25) is 9.59 Å². The largest absolute Gasteiger partial charge is 0.417 e. The molecule has 3 aromatic rings. The molecule has 1 aliphatic rings. The van der Waals surface area contributed by atoms with E-state index in [9.17, 15) is 22.8 Å². The van der Waals surface area contributed by atoms with Crippen molar-refractivity contribution in [2.24, 2.45) is 0 Å². The standard InChI is InChI=1S/C25H20Cl2F3N3O2S/c26-20-5-2-6-21(27)19(20)4-1-3-18-15-36-24(31-18)16-9-11-32(12-10-16)23(35)14-33-13-17(25(28,29)30)7-8-22(33)34/h2,5-8,13,15-16H,4,9-12,14H2. The number of pyridine rings is 1. The summed E-state index contributed by atoms with van der Waals surface area (Å²) in [7, 11) is 0. The van der Waals surface area contributed by atoms with Crippen molar-refractivity contribution in [3.05, 3.63) is 84.1 Å². The van der Waals surface area contributed by atoms with Crippen LogP contribution in [0.5, 0.6) is 0 Å². The SMILES string of the molecule is O=C(Cn1cc(C(F)(F)F)ccc1=O)N1CCC(c2nc(C#CCc3c(Cl)cccc3Cl)cs2)CC1. The van der Waals surface area contributed by atoms with Crippen LogP contribution in [0.4, 0.5) is 13.2 Å². The minimum atomic E-state index is -4.59. The van der Waals surface area contributed by atoms with Gasteiger partial charge in [-0.2, -0.15) is 13.2 Å². The molecular weight excluding hydrogens is 534 g/mol. The summed E-state index contributed by atoms with van der Waals surface area (Å²) < 4.78 is 39.6. The number of aromatic nitrogens is 2. The topological polar surface area (TPSA) is 55.2 Å². The zero-order valence-corrected chi connectivity index (χ0v) is 21.1. The first-order chi connectivity index (χ1) is 17.1. The fourth-order valence-electron chi connectivity index (χ4n) is 3.90. The lowest BCUT2D eigenvalue weighted by atomic mass is 9.97. The number of halogens is 5. The van der Waals surface area contributed by atoms with Gasteiger partial charge in [0.1, 0.15) is 12.2 Å². The van der Waals surface area contributed by atoms with Crippen molar-refractivity contribution in [3.8, 4) is 11.8 Å². The number of alkyl halides is 3. The Balaban J connectivity index is 1.33. The van der Waals surface area contributed by atoms with E-state index >= 15 is 0 Å². The van der Waals surface area contributed by atoms with E-state index in [4.69, 9.17) is 23.2 Å². The highest BCUT2D eigenvalue weighted by Gasteiger charge is 2.31. The number of carbonyl (C=O) groups is 1. The van der Waals surface area contributed by atoms with Gasteiger partial charge in [-0.05, 0) is 37.0 Å². The number of piperidine rings is 1. The quantitative estimate of drug-likeness (QED) is 0.393. The highest BCUT2D eigenvalue weighted by molar-refractivity contribution is 7.09. The van der Waals surface area contributed by atoms with Gasteiger partial charge in [-0.15, -0.1) is 11.3 Å². The highest BCUT2D eigenvalue weighted by Crippen LogP contribution is 2.31. The second-order valence-corrected chi connectivity index (χ2v) is 9.99. The molecule has 36 heavy (non-hydrogen) atoms. The number of carbonyl (C=O) groups excluding carboxylic acids is 1. The average molecular weight is 554 g/mol. The first-order valence-electron chi connectivity index (χ1n) is 11.0. The molecule has 0 aliphatic carbocycles. The molecule has 0 bridgehead atoms. The fourth-order valence-corrected chi connectivity index (χ4v) is 5.36. The fraction of sp³-hybridized carbons (Fsp3) is 0.320. The molecule has 1 fully saturated rings. The molecule has 0 atom stereocenters. The number of hydrogen-bond donors (Lipinski definition) is 0. The van der Waals surface area contributed by atoms with Crippen LogP contribution in [-0.4, -0.2) is 33.4 Å². The Hall–Kier alpha value is -2.80. The Morgan fingerprint density at radius 2 is 1.83 bits per heavy atom. The Morgan fingerprint density at radius 1 is 1.14 bits per heavy atom. The predicted molar refractivity (Wildman–Crippen MR) is 133 cm³/mol. The molecular formula is C25H20Cl2F3N3O2S. The molecule has 1 saturated heterocycles. The van der Waals surface area contributed by atoms with Crippen molar-refractivity contribution in [3.63, 3.8) is 0 Å².